The Kier molecular flexibility index (Phi) is 4.71. The van der Waals surface area contributed by atoms with E-state index in [4.69, 9.17) is 0 Å². The summed E-state index contributed by atoms with van der Waals surface area (Å²) in [5, 5.41) is 5.40. The van der Waals surface area contributed by atoms with Crippen LogP contribution in [0, 0.1) is 6.92 Å². The first-order chi connectivity index (χ1) is 13.0. The van der Waals surface area contributed by atoms with Crippen LogP contribution in [-0.4, -0.2) is 36.7 Å². The lowest BCUT2D eigenvalue weighted by atomic mass is 10.1. The van der Waals surface area contributed by atoms with Crippen LogP contribution in [0.25, 0.3) is 10.9 Å². The van der Waals surface area contributed by atoms with Crippen molar-refractivity contribution in [1.29, 1.82) is 0 Å². The first-order valence-electron chi connectivity index (χ1n) is 8.72. The molecule has 0 saturated carbocycles. The molecule has 1 amide bonds. The van der Waals surface area contributed by atoms with Gasteiger partial charge in [0, 0.05) is 24.2 Å². The van der Waals surface area contributed by atoms with Gasteiger partial charge < -0.3 is 5.32 Å². The lowest BCUT2D eigenvalue weighted by molar-refractivity contribution is 0.102. The monoisotopic (exact) mass is 401 g/mol. The van der Waals surface area contributed by atoms with E-state index in [0.717, 1.165) is 35.3 Å². The SMILES string of the molecule is Cc1ccc2cccc(NC(=O)c3sccc3S(=O)(=O)N3CCCC3)c2n1. The van der Waals surface area contributed by atoms with Crippen molar-refractivity contribution in [3.05, 3.63) is 52.3 Å². The van der Waals surface area contributed by atoms with Crippen molar-refractivity contribution in [2.75, 3.05) is 18.4 Å². The molecule has 27 heavy (non-hydrogen) atoms. The van der Waals surface area contributed by atoms with E-state index in [-0.39, 0.29) is 9.77 Å². The van der Waals surface area contributed by atoms with Crippen LogP contribution >= 0.6 is 11.3 Å². The summed E-state index contributed by atoms with van der Waals surface area (Å²) in [4.78, 5) is 17.7. The number of aromatic nitrogens is 1. The fourth-order valence-corrected chi connectivity index (χ4v) is 6.07. The number of benzene rings is 1. The number of nitrogens with zero attached hydrogens (tertiary/aromatic N) is 2. The van der Waals surface area contributed by atoms with Crippen LogP contribution in [0.4, 0.5) is 5.69 Å². The number of nitrogens with one attached hydrogen (secondary N) is 1. The minimum Gasteiger partial charge on any atom is -0.319 e. The van der Waals surface area contributed by atoms with Crippen LogP contribution < -0.4 is 5.32 Å². The highest BCUT2D eigenvalue weighted by Crippen LogP contribution is 2.29. The summed E-state index contributed by atoms with van der Waals surface area (Å²) in [5.74, 6) is -0.432. The number of para-hydroxylation sites is 1. The van der Waals surface area contributed by atoms with Crippen molar-refractivity contribution >= 4 is 43.9 Å². The van der Waals surface area contributed by atoms with Gasteiger partial charge in [0.05, 0.1) is 11.2 Å². The second kappa shape index (κ2) is 7.03. The molecule has 1 saturated heterocycles. The Balaban J connectivity index is 1.68. The Labute approximate surface area is 161 Å². The van der Waals surface area contributed by atoms with Gasteiger partial charge in [0.15, 0.2) is 0 Å². The Bertz CT molecular complexity index is 1120. The number of carbonyl (C=O) groups is 1. The van der Waals surface area contributed by atoms with Crippen molar-refractivity contribution < 1.29 is 13.2 Å². The van der Waals surface area contributed by atoms with Gasteiger partial charge in [0.1, 0.15) is 9.77 Å². The molecule has 3 heterocycles. The normalized spacial score (nSPS) is 15.3. The molecule has 0 spiro atoms. The first kappa shape index (κ1) is 18.1. The first-order valence-corrected chi connectivity index (χ1v) is 11.0. The molecule has 1 fully saturated rings. The van der Waals surface area contributed by atoms with Crippen LogP contribution in [0.5, 0.6) is 0 Å². The summed E-state index contributed by atoms with van der Waals surface area (Å²) in [6, 6.07) is 10.9. The standard InChI is InChI=1S/C19H19N3O3S2/c1-13-7-8-14-5-4-6-15(17(14)20-13)21-19(23)18-16(9-12-26-18)27(24,25)22-10-2-3-11-22/h4-9,12H,2-3,10-11H2,1H3,(H,21,23). The third kappa shape index (κ3) is 3.36. The molecule has 8 heteroatoms. The van der Waals surface area contributed by atoms with Crippen molar-refractivity contribution in [1.82, 2.24) is 9.29 Å². The summed E-state index contributed by atoms with van der Waals surface area (Å²) >= 11 is 1.13. The van der Waals surface area contributed by atoms with E-state index in [0.29, 0.717) is 24.3 Å². The summed E-state index contributed by atoms with van der Waals surface area (Å²) in [6.07, 6.45) is 1.71. The second-order valence-corrected chi connectivity index (χ2v) is 9.33. The maximum atomic E-state index is 12.9. The molecule has 1 aromatic carbocycles. The average molecular weight is 402 g/mol. The number of hydrogen-bond acceptors (Lipinski definition) is 5. The van der Waals surface area contributed by atoms with E-state index in [9.17, 15) is 13.2 Å². The summed E-state index contributed by atoms with van der Waals surface area (Å²) in [5.41, 5.74) is 2.10. The molecule has 1 N–H and O–H groups in total. The predicted molar refractivity (Wildman–Crippen MR) is 107 cm³/mol. The fourth-order valence-electron chi connectivity index (χ4n) is 3.26. The third-order valence-electron chi connectivity index (χ3n) is 4.63. The number of amides is 1. The van der Waals surface area contributed by atoms with E-state index < -0.39 is 15.9 Å². The quantitative estimate of drug-likeness (QED) is 0.724. The molecular formula is C19H19N3O3S2. The van der Waals surface area contributed by atoms with Gasteiger partial charge in [-0.2, -0.15) is 4.31 Å². The number of anilines is 1. The van der Waals surface area contributed by atoms with Crippen molar-refractivity contribution in [3.8, 4) is 0 Å². The molecule has 1 aliphatic rings. The molecule has 0 bridgehead atoms. The zero-order valence-electron chi connectivity index (χ0n) is 14.8. The van der Waals surface area contributed by atoms with Gasteiger partial charge in [-0.25, -0.2) is 8.42 Å². The van der Waals surface area contributed by atoms with E-state index in [1.165, 1.54) is 10.4 Å². The van der Waals surface area contributed by atoms with E-state index in [2.05, 4.69) is 10.3 Å². The largest absolute Gasteiger partial charge is 0.319 e. The van der Waals surface area contributed by atoms with Crippen LogP contribution in [0.2, 0.25) is 0 Å². The molecule has 0 aliphatic carbocycles. The summed E-state index contributed by atoms with van der Waals surface area (Å²) in [7, 11) is -3.65. The number of aryl methyl sites for hydroxylation is 1. The van der Waals surface area contributed by atoms with Crippen LogP contribution in [0.3, 0.4) is 0 Å². The topological polar surface area (TPSA) is 79.4 Å². The second-order valence-electron chi connectivity index (χ2n) is 6.51. The Morgan fingerprint density at radius 3 is 2.70 bits per heavy atom. The van der Waals surface area contributed by atoms with Gasteiger partial charge in [0.2, 0.25) is 10.0 Å². The molecule has 4 rings (SSSR count). The molecule has 3 aromatic rings. The average Bonchev–Trinajstić information content (AvgIpc) is 3.34. The maximum absolute atomic E-state index is 12.9. The number of pyridine rings is 1. The number of hydrogen-bond donors (Lipinski definition) is 1. The van der Waals surface area contributed by atoms with Gasteiger partial charge >= 0.3 is 0 Å². The smallest absolute Gasteiger partial charge is 0.267 e. The van der Waals surface area contributed by atoms with E-state index >= 15 is 0 Å². The van der Waals surface area contributed by atoms with Crippen molar-refractivity contribution in [3.63, 3.8) is 0 Å². The minimum atomic E-state index is -3.65. The number of fused-ring (bicyclic) bond motifs is 1. The van der Waals surface area contributed by atoms with Gasteiger partial charge in [-0.15, -0.1) is 11.3 Å². The summed E-state index contributed by atoms with van der Waals surface area (Å²) in [6.45, 7) is 2.90. The van der Waals surface area contributed by atoms with Crippen LogP contribution in [0.1, 0.15) is 28.2 Å². The van der Waals surface area contributed by atoms with E-state index in [1.54, 1.807) is 11.4 Å². The highest BCUT2D eigenvalue weighted by molar-refractivity contribution is 7.89. The van der Waals surface area contributed by atoms with Crippen molar-refractivity contribution in [2.45, 2.75) is 24.7 Å². The zero-order valence-corrected chi connectivity index (χ0v) is 16.4. The van der Waals surface area contributed by atoms with Crippen molar-refractivity contribution in [2.24, 2.45) is 0 Å². The zero-order chi connectivity index (χ0) is 19.0. The lowest BCUT2D eigenvalue weighted by Gasteiger charge is -2.16. The van der Waals surface area contributed by atoms with Gasteiger partial charge in [-0.3, -0.25) is 9.78 Å². The van der Waals surface area contributed by atoms with Crippen LogP contribution in [0.15, 0.2) is 46.7 Å². The lowest BCUT2D eigenvalue weighted by Crippen LogP contribution is -2.29. The number of sulfonamides is 1. The number of rotatable bonds is 4. The third-order valence-corrected chi connectivity index (χ3v) is 7.61. The minimum absolute atomic E-state index is 0.0799. The Morgan fingerprint density at radius 2 is 1.93 bits per heavy atom. The molecule has 0 atom stereocenters. The van der Waals surface area contributed by atoms with E-state index in [1.807, 2.05) is 31.2 Å². The predicted octanol–water partition coefficient (Wildman–Crippen LogP) is 3.64. The molecule has 140 valence electrons. The Morgan fingerprint density at radius 1 is 1.15 bits per heavy atom. The molecule has 6 nitrogen and oxygen atoms in total. The molecular weight excluding hydrogens is 382 g/mol. The molecule has 2 aromatic heterocycles. The molecule has 0 radical (unpaired) electrons. The Hall–Kier alpha value is -2.29. The van der Waals surface area contributed by atoms with Gasteiger partial charge in [-0.05, 0) is 43.3 Å². The number of thiophene rings is 1. The van der Waals surface area contributed by atoms with Gasteiger partial charge in [-0.1, -0.05) is 18.2 Å². The number of carbonyl (C=O) groups excluding carboxylic acids is 1. The highest BCUT2D eigenvalue weighted by Gasteiger charge is 2.32. The summed E-state index contributed by atoms with van der Waals surface area (Å²) < 4.78 is 27.2. The maximum Gasteiger partial charge on any atom is 0.267 e. The van der Waals surface area contributed by atoms with Crippen LogP contribution in [-0.2, 0) is 10.0 Å². The van der Waals surface area contributed by atoms with Gasteiger partial charge in [0.25, 0.3) is 5.91 Å². The highest BCUT2D eigenvalue weighted by atomic mass is 32.2. The molecule has 0 unspecified atom stereocenters. The fraction of sp³-hybridized carbons (Fsp3) is 0.263. The molecule has 1 aliphatic heterocycles.